The summed E-state index contributed by atoms with van der Waals surface area (Å²) in [5.41, 5.74) is 2.53. The predicted molar refractivity (Wildman–Crippen MR) is 122 cm³/mol. The van der Waals surface area contributed by atoms with Gasteiger partial charge in [0.1, 0.15) is 18.2 Å². The van der Waals surface area contributed by atoms with E-state index in [1.165, 1.54) is 0 Å². The molecular weight excluding hydrogens is 442 g/mol. The lowest BCUT2D eigenvalue weighted by atomic mass is 10.2. The Balaban J connectivity index is 1.54. The number of amides is 1. The predicted octanol–water partition coefficient (Wildman–Crippen LogP) is 5.37. The lowest BCUT2D eigenvalue weighted by molar-refractivity contribution is 0.0937. The van der Waals surface area contributed by atoms with E-state index in [-0.39, 0.29) is 11.9 Å². The van der Waals surface area contributed by atoms with Crippen molar-refractivity contribution in [3.63, 3.8) is 0 Å². The highest BCUT2D eigenvalue weighted by molar-refractivity contribution is 9.10. The number of aromatic nitrogens is 2. The molecule has 6 heteroatoms. The fourth-order valence-electron chi connectivity index (χ4n) is 3.38. The fraction of sp³-hybridized carbons (Fsp3) is 0.167. The quantitative estimate of drug-likeness (QED) is 0.400. The first-order chi connectivity index (χ1) is 14.6. The Hall–Kier alpha value is -3.12. The Morgan fingerprint density at radius 1 is 1.03 bits per heavy atom. The number of hydrogen-bond acceptors (Lipinski definition) is 3. The van der Waals surface area contributed by atoms with Gasteiger partial charge >= 0.3 is 0 Å². The Morgan fingerprint density at radius 2 is 1.73 bits per heavy atom. The number of nitrogens with zero attached hydrogens (tertiary/aromatic N) is 2. The van der Waals surface area contributed by atoms with Crippen molar-refractivity contribution in [3.05, 3.63) is 94.7 Å². The van der Waals surface area contributed by atoms with Crippen molar-refractivity contribution in [1.29, 1.82) is 0 Å². The Morgan fingerprint density at radius 3 is 2.50 bits per heavy atom. The summed E-state index contributed by atoms with van der Waals surface area (Å²) in [6, 6.07) is 24.8. The zero-order valence-corrected chi connectivity index (χ0v) is 18.2. The van der Waals surface area contributed by atoms with Crippen LogP contribution >= 0.6 is 15.9 Å². The summed E-state index contributed by atoms with van der Waals surface area (Å²) in [4.78, 5) is 17.5. The number of hydrogen-bond donors (Lipinski definition) is 1. The molecule has 0 saturated heterocycles. The average Bonchev–Trinajstić information content (AvgIpc) is 3.14. The summed E-state index contributed by atoms with van der Waals surface area (Å²) in [6.07, 6.45) is 0. The number of fused-ring (bicyclic) bond motifs is 1. The van der Waals surface area contributed by atoms with Crippen molar-refractivity contribution in [2.45, 2.75) is 19.5 Å². The van der Waals surface area contributed by atoms with E-state index in [2.05, 4.69) is 25.8 Å². The molecule has 5 nitrogen and oxygen atoms in total. The van der Waals surface area contributed by atoms with Gasteiger partial charge in [-0.05, 0) is 55.5 Å². The second-order valence-corrected chi connectivity index (χ2v) is 7.89. The molecule has 152 valence electrons. The normalized spacial score (nSPS) is 11.9. The molecule has 4 rings (SSSR count). The molecule has 1 N–H and O–H groups in total. The molecule has 4 aromatic rings. The minimum atomic E-state index is -0.259. The molecule has 1 aromatic heterocycles. The highest BCUT2D eigenvalue weighted by Gasteiger charge is 2.19. The zero-order chi connectivity index (χ0) is 20.9. The van der Waals surface area contributed by atoms with Crippen LogP contribution in [-0.2, 0) is 6.54 Å². The van der Waals surface area contributed by atoms with Crippen LogP contribution in [0, 0.1) is 0 Å². The van der Waals surface area contributed by atoms with Crippen molar-refractivity contribution in [2.24, 2.45) is 0 Å². The second-order valence-electron chi connectivity index (χ2n) is 6.97. The van der Waals surface area contributed by atoms with E-state index < -0.39 is 0 Å². The molecular formula is C24H22BrN3O2. The maximum absolute atomic E-state index is 12.7. The van der Waals surface area contributed by atoms with Crippen molar-refractivity contribution >= 4 is 32.9 Å². The van der Waals surface area contributed by atoms with Crippen molar-refractivity contribution in [1.82, 2.24) is 14.9 Å². The zero-order valence-electron chi connectivity index (χ0n) is 16.6. The number of imidazole rings is 1. The largest absolute Gasteiger partial charge is 0.492 e. The number of benzene rings is 3. The van der Waals surface area contributed by atoms with Gasteiger partial charge in [-0.25, -0.2) is 4.98 Å². The number of para-hydroxylation sites is 3. The van der Waals surface area contributed by atoms with Crippen LogP contribution in [-0.4, -0.2) is 22.1 Å². The summed E-state index contributed by atoms with van der Waals surface area (Å²) in [5, 5.41) is 3.06. The maximum Gasteiger partial charge on any atom is 0.251 e. The number of nitrogens with one attached hydrogen (secondary N) is 1. The third kappa shape index (κ3) is 4.54. The van der Waals surface area contributed by atoms with E-state index in [1.54, 1.807) is 12.1 Å². The smallest absolute Gasteiger partial charge is 0.251 e. The SMILES string of the molecule is CC(NC(=O)c1ccc(Br)cc1)c1nc2ccccc2n1CCOc1ccccc1. The van der Waals surface area contributed by atoms with Gasteiger partial charge in [-0.2, -0.15) is 0 Å². The molecule has 1 heterocycles. The summed E-state index contributed by atoms with van der Waals surface area (Å²) in [5.74, 6) is 1.51. The highest BCUT2D eigenvalue weighted by Crippen LogP contribution is 2.22. The average molecular weight is 464 g/mol. The molecule has 30 heavy (non-hydrogen) atoms. The summed E-state index contributed by atoms with van der Waals surface area (Å²) in [6.45, 7) is 3.08. The van der Waals surface area contributed by atoms with Gasteiger partial charge in [0.05, 0.1) is 23.6 Å². The van der Waals surface area contributed by atoms with Gasteiger partial charge in [-0.15, -0.1) is 0 Å². The van der Waals surface area contributed by atoms with Gasteiger partial charge in [0, 0.05) is 10.0 Å². The number of carbonyl (C=O) groups excluding carboxylic acids is 1. The van der Waals surface area contributed by atoms with Crippen molar-refractivity contribution in [2.75, 3.05) is 6.61 Å². The van der Waals surface area contributed by atoms with Crippen LogP contribution in [0.2, 0.25) is 0 Å². The maximum atomic E-state index is 12.7. The topological polar surface area (TPSA) is 56.2 Å². The Kier molecular flexibility index (Phi) is 6.14. The van der Waals surface area contributed by atoms with E-state index in [0.717, 1.165) is 27.1 Å². The third-order valence-electron chi connectivity index (χ3n) is 4.85. The van der Waals surface area contributed by atoms with Gasteiger partial charge in [0.2, 0.25) is 0 Å². The van der Waals surface area contributed by atoms with E-state index >= 15 is 0 Å². The first kappa shape index (κ1) is 20.2. The summed E-state index contributed by atoms with van der Waals surface area (Å²) in [7, 11) is 0. The van der Waals surface area contributed by atoms with Crippen molar-refractivity contribution in [3.8, 4) is 5.75 Å². The van der Waals surface area contributed by atoms with E-state index in [1.807, 2.05) is 73.7 Å². The molecule has 1 amide bonds. The number of halogens is 1. The first-order valence-electron chi connectivity index (χ1n) is 9.81. The fourth-order valence-corrected chi connectivity index (χ4v) is 3.64. The van der Waals surface area contributed by atoms with Crippen LogP contribution in [0.1, 0.15) is 29.1 Å². The standard InChI is InChI=1S/C24H22BrN3O2/c1-17(26-24(29)18-11-13-19(25)14-12-18)23-27-21-9-5-6-10-22(21)28(23)15-16-30-20-7-3-2-4-8-20/h2-14,17H,15-16H2,1H3,(H,26,29). The minimum Gasteiger partial charge on any atom is -0.492 e. The minimum absolute atomic E-state index is 0.130. The van der Waals surface area contributed by atoms with Gasteiger partial charge in [-0.1, -0.05) is 46.3 Å². The Labute approximate surface area is 183 Å². The first-order valence-corrected chi connectivity index (χ1v) is 10.6. The molecule has 0 bridgehead atoms. The molecule has 1 atom stereocenters. The Bertz CT molecular complexity index is 1140. The van der Waals surface area contributed by atoms with Gasteiger partial charge in [0.25, 0.3) is 5.91 Å². The molecule has 0 fully saturated rings. The number of carbonyl (C=O) groups is 1. The monoisotopic (exact) mass is 463 g/mol. The van der Waals surface area contributed by atoms with Gasteiger partial charge in [0.15, 0.2) is 0 Å². The molecule has 0 saturated carbocycles. The second kappa shape index (κ2) is 9.13. The third-order valence-corrected chi connectivity index (χ3v) is 5.38. The van der Waals surface area contributed by atoms with E-state index in [9.17, 15) is 4.79 Å². The van der Waals surface area contributed by atoms with Crippen LogP contribution in [0.3, 0.4) is 0 Å². The molecule has 0 spiro atoms. The molecule has 0 aliphatic rings. The molecule has 1 unspecified atom stereocenters. The number of rotatable bonds is 7. The van der Waals surface area contributed by atoms with E-state index in [4.69, 9.17) is 9.72 Å². The molecule has 0 aliphatic heterocycles. The number of ether oxygens (including phenoxy) is 1. The van der Waals surface area contributed by atoms with Crippen LogP contribution in [0.15, 0.2) is 83.3 Å². The van der Waals surface area contributed by atoms with Gasteiger partial charge in [-0.3, -0.25) is 4.79 Å². The van der Waals surface area contributed by atoms with Crippen LogP contribution in [0.5, 0.6) is 5.75 Å². The molecule has 0 radical (unpaired) electrons. The molecule has 0 aliphatic carbocycles. The lowest BCUT2D eigenvalue weighted by Gasteiger charge is -2.17. The lowest BCUT2D eigenvalue weighted by Crippen LogP contribution is -2.29. The summed E-state index contributed by atoms with van der Waals surface area (Å²) < 4.78 is 8.94. The van der Waals surface area contributed by atoms with Crippen LogP contribution in [0.4, 0.5) is 0 Å². The van der Waals surface area contributed by atoms with Gasteiger partial charge < -0.3 is 14.6 Å². The highest BCUT2D eigenvalue weighted by atomic mass is 79.9. The van der Waals surface area contributed by atoms with Crippen LogP contribution < -0.4 is 10.1 Å². The summed E-state index contributed by atoms with van der Waals surface area (Å²) >= 11 is 3.40. The van der Waals surface area contributed by atoms with Crippen molar-refractivity contribution < 1.29 is 9.53 Å². The van der Waals surface area contributed by atoms with Crippen LogP contribution in [0.25, 0.3) is 11.0 Å². The van der Waals surface area contributed by atoms with E-state index in [0.29, 0.717) is 18.7 Å². The molecule has 3 aromatic carbocycles.